The van der Waals surface area contributed by atoms with Crippen LogP contribution < -0.4 is 0 Å². The fraction of sp³-hybridized carbons (Fsp3) is 0.714. The molecule has 3 nitrogen and oxygen atoms in total. The molecule has 0 saturated heterocycles. The summed E-state index contributed by atoms with van der Waals surface area (Å²) in [6, 6.07) is 0. The second kappa shape index (κ2) is 4.44. The minimum atomic E-state index is -1.11. The van der Waals surface area contributed by atoms with E-state index in [1.807, 2.05) is 0 Å². The van der Waals surface area contributed by atoms with Gasteiger partial charge >= 0.3 is 0 Å². The van der Waals surface area contributed by atoms with Crippen LogP contribution in [0.3, 0.4) is 0 Å². The van der Waals surface area contributed by atoms with Crippen LogP contribution in [0.25, 0.3) is 0 Å². The van der Waals surface area contributed by atoms with E-state index in [2.05, 4.69) is 6.58 Å². The van der Waals surface area contributed by atoms with Crippen molar-refractivity contribution in [3.63, 3.8) is 0 Å². The lowest BCUT2D eigenvalue weighted by Gasteiger charge is -2.18. The molecule has 60 valence electrons. The van der Waals surface area contributed by atoms with Gasteiger partial charge in [0.2, 0.25) is 0 Å². The third-order valence-corrected chi connectivity index (χ3v) is 1.40. The van der Waals surface area contributed by atoms with Gasteiger partial charge in [-0.15, -0.1) is 6.58 Å². The second-order valence-corrected chi connectivity index (χ2v) is 2.19. The molecule has 0 aromatic rings. The van der Waals surface area contributed by atoms with E-state index >= 15 is 0 Å². The second-order valence-electron chi connectivity index (χ2n) is 2.19. The van der Waals surface area contributed by atoms with Gasteiger partial charge in [-0.05, 0) is 6.42 Å². The van der Waals surface area contributed by atoms with Crippen molar-refractivity contribution < 1.29 is 15.3 Å². The fourth-order valence-corrected chi connectivity index (χ4v) is 0.609. The summed E-state index contributed by atoms with van der Waals surface area (Å²) in [5.41, 5.74) is 0. The molecule has 10 heavy (non-hydrogen) atoms. The summed E-state index contributed by atoms with van der Waals surface area (Å²) >= 11 is 0. The number of aliphatic hydroxyl groups is 3. The average Bonchev–Trinajstić information content (AvgIpc) is 2.00. The minimum Gasteiger partial charge on any atom is -0.390 e. The molecule has 3 atom stereocenters. The molecule has 0 aromatic heterocycles. The highest BCUT2D eigenvalue weighted by Crippen LogP contribution is 2.03. The van der Waals surface area contributed by atoms with E-state index in [9.17, 15) is 0 Å². The van der Waals surface area contributed by atoms with Crippen molar-refractivity contribution in [3.8, 4) is 0 Å². The van der Waals surface area contributed by atoms with Crippen molar-refractivity contribution in [2.45, 2.75) is 31.7 Å². The molecule has 0 aliphatic rings. The van der Waals surface area contributed by atoms with Gasteiger partial charge in [0.15, 0.2) is 0 Å². The van der Waals surface area contributed by atoms with Crippen LogP contribution in [0.2, 0.25) is 0 Å². The molecule has 0 rings (SSSR count). The minimum absolute atomic E-state index is 0.423. The number of rotatable bonds is 4. The first-order valence-corrected chi connectivity index (χ1v) is 3.30. The molecule has 3 unspecified atom stereocenters. The van der Waals surface area contributed by atoms with Crippen LogP contribution in [-0.4, -0.2) is 33.6 Å². The number of aliphatic hydroxyl groups excluding tert-OH is 3. The Morgan fingerprint density at radius 2 is 1.90 bits per heavy atom. The van der Waals surface area contributed by atoms with Crippen LogP contribution in [-0.2, 0) is 0 Å². The Labute approximate surface area is 60.6 Å². The normalized spacial score (nSPS) is 19.6. The summed E-state index contributed by atoms with van der Waals surface area (Å²) in [6.07, 6.45) is -1.39. The Kier molecular flexibility index (Phi) is 4.27. The zero-order valence-corrected chi connectivity index (χ0v) is 6.07. The van der Waals surface area contributed by atoms with Crippen molar-refractivity contribution >= 4 is 0 Å². The zero-order chi connectivity index (χ0) is 8.15. The van der Waals surface area contributed by atoms with Crippen molar-refractivity contribution in [2.24, 2.45) is 0 Å². The molecule has 0 radical (unpaired) electrons. The van der Waals surface area contributed by atoms with Crippen molar-refractivity contribution in [1.29, 1.82) is 0 Å². The van der Waals surface area contributed by atoms with E-state index in [0.29, 0.717) is 6.42 Å². The summed E-state index contributed by atoms with van der Waals surface area (Å²) in [4.78, 5) is 0. The van der Waals surface area contributed by atoms with Crippen LogP contribution in [0.15, 0.2) is 12.7 Å². The maximum Gasteiger partial charge on any atom is 0.109 e. The van der Waals surface area contributed by atoms with Crippen molar-refractivity contribution in [2.75, 3.05) is 0 Å². The first-order valence-electron chi connectivity index (χ1n) is 3.30. The van der Waals surface area contributed by atoms with E-state index in [-0.39, 0.29) is 0 Å². The van der Waals surface area contributed by atoms with E-state index in [0.717, 1.165) is 0 Å². The SMILES string of the molecule is C=CC(O)C(O)C(O)CC. The monoisotopic (exact) mass is 146 g/mol. The maximum absolute atomic E-state index is 9.01. The van der Waals surface area contributed by atoms with Crippen molar-refractivity contribution in [1.82, 2.24) is 0 Å². The fourth-order valence-electron chi connectivity index (χ4n) is 0.609. The number of hydrogen-bond donors (Lipinski definition) is 3. The van der Waals surface area contributed by atoms with Gasteiger partial charge in [0.25, 0.3) is 0 Å². The molecule has 3 heteroatoms. The molecule has 3 N–H and O–H groups in total. The van der Waals surface area contributed by atoms with Gasteiger partial charge < -0.3 is 15.3 Å². The zero-order valence-electron chi connectivity index (χ0n) is 6.07. The maximum atomic E-state index is 9.01. The molecule has 0 saturated carbocycles. The molecule has 0 aliphatic carbocycles. The van der Waals surface area contributed by atoms with Crippen LogP contribution in [0, 0.1) is 0 Å². The molecular formula is C7H14O3. The first-order chi connectivity index (χ1) is 4.63. The van der Waals surface area contributed by atoms with Crippen LogP contribution in [0.1, 0.15) is 13.3 Å². The predicted molar refractivity (Wildman–Crippen MR) is 38.5 cm³/mol. The smallest absolute Gasteiger partial charge is 0.109 e. The standard InChI is InChI=1S/C7H14O3/c1-3-5(8)7(10)6(9)4-2/h3,5-10H,1,4H2,2H3. The lowest BCUT2D eigenvalue weighted by Crippen LogP contribution is -2.35. The first kappa shape index (κ1) is 9.62. The van der Waals surface area contributed by atoms with E-state index < -0.39 is 18.3 Å². The van der Waals surface area contributed by atoms with Gasteiger partial charge in [0, 0.05) is 0 Å². The predicted octanol–water partition coefficient (Wildman–Crippen LogP) is -0.335. The third-order valence-electron chi connectivity index (χ3n) is 1.40. The molecule has 0 spiro atoms. The van der Waals surface area contributed by atoms with Crippen molar-refractivity contribution in [3.05, 3.63) is 12.7 Å². The average molecular weight is 146 g/mol. The number of hydrogen-bond acceptors (Lipinski definition) is 3. The summed E-state index contributed by atoms with van der Waals surface area (Å²) in [7, 11) is 0. The van der Waals surface area contributed by atoms with Gasteiger partial charge in [-0.1, -0.05) is 13.0 Å². The molecule has 0 amide bonds. The Morgan fingerprint density at radius 3 is 2.20 bits per heavy atom. The summed E-state index contributed by atoms with van der Waals surface area (Å²) in [5, 5.41) is 26.9. The van der Waals surface area contributed by atoms with Gasteiger partial charge in [-0.25, -0.2) is 0 Å². The largest absolute Gasteiger partial charge is 0.390 e. The molecule has 0 heterocycles. The van der Waals surface area contributed by atoms with E-state index in [1.54, 1.807) is 6.92 Å². The lowest BCUT2D eigenvalue weighted by atomic mass is 10.1. The van der Waals surface area contributed by atoms with E-state index in [1.165, 1.54) is 6.08 Å². The quantitative estimate of drug-likeness (QED) is 0.476. The summed E-state index contributed by atoms with van der Waals surface area (Å²) < 4.78 is 0. The molecule has 0 aliphatic heterocycles. The third kappa shape index (κ3) is 2.47. The molecule has 0 aromatic carbocycles. The Balaban J connectivity index is 3.80. The van der Waals surface area contributed by atoms with Gasteiger partial charge in [-0.2, -0.15) is 0 Å². The van der Waals surface area contributed by atoms with Crippen LogP contribution >= 0.6 is 0 Å². The Morgan fingerprint density at radius 1 is 1.40 bits per heavy atom. The lowest BCUT2D eigenvalue weighted by molar-refractivity contribution is -0.0419. The van der Waals surface area contributed by atoms with Crippen LogP contribution in [0.5, 0.6) is 0 Å². The van der Waals surface area contributed by atoms with Gasteiger partial charge in [-0.3, -0.25) is 0 Å². The highest BCUT2D eigenvalue weighted by Gasteiger charge is 2.19. The van der Waals surface area contributed by atoms with E-state index in [4.69, 9.17) is 15.3 Å². The highest BCUT2D eigenvalue weighted by molar-refractivity contribution is 4.87. The topological polar surface area (TPSA) is 60.7 Å². The molecule has 0 fully saturated rings. The summed E-state index contributed by atoms with van der Waals surface area (Å²) in [6.45, 7) is 5.00. The summed E-state index contributed by atoms with van der Waals surface area (Å²) in [5.74, 6) is 0. The Hall–Kier alpha value is -0.380. The van der Waals surface area contributed by atoms with Gasteiger partial charge in [0.1, 0.15) is 12.2 Å². The molecular weight excluding hydrogens is 132 g/mol. The van der Waals surface area contributed by atoms with Crippen LogP contribution in [0.4, 0.5) is 0 Å². The highest BCUT2D eigenvalue weighted by atomic mass is 16.4. The Bertz CT molecular complexity index is 103. The van der Waals surface area contributed by atoms with Gasteiger partial charge in [0.05, 0.1) is 6.10 Å². The molecule has 0 bridgehead atoms.